The first kappa shape index (κ1) is 16.2. The second-order valence-electron chi connectivity index (χ2n) is 5.23. The molecule has 0 radical (unpaired) electrons. The number of nitrogens with one attached hydrogen (secondary N) is 1. The van der Waals surface area contributed by atoms with Crippen molar-refractivity contribution >= 4 is 28.3 Å². The van der Waals surface area contributed by atoms with Gasteiger partial charge in [0.25, 0.3) is 0 Å². The number of rotatable bonds is 6. The number of thiazole rings is 1. The van der Waals surface area contributed by atoms with Crippen LogP contribution in [0.2, 0.25) is 0 Å². The molecule has 2 N–H and O–H groups in total. The third kappa shape index (κ3) is 4.14. The van der Waals surface area contributed by atoms with Gasteiger partial charge in [0.15, 0.2) is 5.13 Å². The molecule has 1 amide bonds. The lowest BCUT2D eigenvalue weighted by atomic mass is 10.1. The predicted octanol–water partition coefficient (Wildman–Crippen LogP) is 3.54. The summed E-state index contributed by atoms with van der Waals surface area (Å²) in [7, 11) is 0. The zero-order valence-electron chi connectivity index (χ0n) is 12.5. The van der Waals surface area contributed by atoms with Gasteiger partial charge in [-0.1, -0.05) is 55.5 Å². The van der Waals surface area contributed by atoms with Gasteiger partial charge in [0.2, 0.25) is 5.91 Å². The second-order valence-corrected chi connectivity index (χ2v) is 6.23. The number of benzene rings is 1. The largest absolute Gasteiger partial charge is 0.477 e. The van der Waals surface area contributed by atoms with Crippen LogP contribution < -0.4 is 5.32 Å². The first-order valence-corrected chi connectivity index (χ1v) is 7.86. The van der Waals surface area contributed by atoms with Crippen LogP contribution in [0.5, 0.6) is 0 Å². The summed E-state index contributed by atoms with van der Waals surface area (Å²) in [6.45, 7) is 3.75. The summed E-state index contributed by atoms with van der Waals surface area (Å²) in [6.07, 6.45) is 0.976. The van der Waals surface area contributed by atoms with Crippen molar-refractivity contribution in [1.29, 1.82) is 0 Å². The summed E-state index contributed by atoms with van der Waals surface area (Å²) in [5, 5.41) is 12.2. The van der Waals surface area contributed by atoms with Crippen molar-refractivity contribution in [3.63, 3.8) is 0 Å². The van der Waals surface area contributed by atoms with E-state index in [4.69, 9.17) is 0 Å². The van der Waals surface area contributed by atoms with Gasteiger partial charge in [-0.25, -0.2) is 9.78 Å². The molecule has 0 aliphatic heterocycles. The van der Waals surface area contributed by atoms with Crippen molar-refractivity contribution < 1.29 is 14.7 Å². The molecule has 0 atom stereocenters. The van der Waals surface area contributed by atoms with Gasteiger partial charge in [-0.05, 0) is 17.9 Å². The number of carbonyl (C=O) groups is 2. The Morgan fingerprint density at radius 2 is 1.95 bits per heavy atom. The molecule has 5 nitrogen and oxygen atoms in total. The molecule has 1 aromatic carbocycles. The quantitative estimate of drug-likeness (QED) is 0.854. The molecule has 2 aromatic rings. The standard InChI is InChI=1S/C16H18N2O3S/c1-10(2)13-14(15(20)21)22-16(18-13)17-12(19)9-8-11-6-4-3-5-7-11/h3-7,10H,8-9H2,1-2H3,(H,20,21)(H,17,18,19). The van der Waals surface area contributed by atoms with Crippen molar-refractivity contribution in [3.8, 4) is 0 Å². The Kier molecular flexibility index (Phi) is 5.27. The van der Waals surface area contributed by atoms with E-state index >= 15 is 0 Å². The summed E-state index contributed by atoms with van der Waals surface area (Å²) in [6, 6.07) is 9.73. The molecule has 116 valence electrons. The van der Waals surface area contributed by atoms with Crippen LogP contribution in [0.25, 0.3) is 0 Å². The highest BCUT2D eigenvalue weighted by atomic mass is 32.1. The minimum Gasteiger partial charge on any atom is -0.477 e. The van der Waals surface area contributed by atoms with E-state index in [9.17, 15) is 14.7 Å². The summed E-state index contributed by atoms with van der Waals surface area (Å²) in [4.78, 5) is 27.6. The fraction of sp³-hybridized carbons (Fsp3) is 0.312. The molecule has 6 heteroatoms. The van der Waals surface area contributed by atoms with Gasteiger partial charge in [-0.3, -0.25) is 4.79 Å². The number of hydrogen-bond acceptors (Lipinski definition) is 4. The van der Waals surface area contributed by atoms with Crippen molar-refractivity contribution in [2.24, 2.45) is 0 Å². The van der Waals surface area contributed by atoms with Crippen LogP contribution in [-0.2, 0) is 11.2 Å². The van der Waals surface area contributed by atoms with E-state index in [1.54, 1.807) is 0 Å². The van der Waals surface area contributed by atoms with Gasteiger partial charge in [-0.2, -0.15) is 0 Å². The van der Waals surface area contributed by atoms with Gasteiger partial charge in [-0.15, -0.1) is 0 Å². The van der Waals surface area contributed by atoms with Gasteiger partial charge >= 0.3 is 5.97 Å². The first-order chi connectivity index (χ1) is 10.5. The normalized spacial score (nSPS) is 10.7. The zero-order valence-corrected chi connectivity index (χ0v) is 13.3. The fourth-order valence-electron chi connectivity index (χ4n) is 2.01. The average molecular weight is 318 g/mol. The Labute approximate surface area is 133 Å². The zero-order chi connectivity index (χ0) is 16.1. The van der Waals surface area contributed by atoms with Gasteiger partial charge in [0, 0.05) is 6.42 Å². The van der Waals surface area contributed by atoms with Gasteiger partial charge in [0.05, 0.1) is 5.69 Å². The summed E-state index contributed by atoms with van der Waals surface area (Å²) in [5.74, 6) is -1.17. The maximum atomic E-state index is 12.0. The number of anilines is 1. The minimum atomic E-state index is -1.01. The molecule has 1 heterocycles. The monoisotopic (exact) mass is 318 g/mol. The van der Waals surface area contributed by atoms with E-state index < -0.39 is 5.97 Å². The summed E-state index contributed by atoms with van der Waals surface area (Å²) in [5.41, 5.74) is 1.60. The lowest BCUT2D eigenvalue weighted by Crippen LogP contribution is -2.12. The number of carboxylic acids is 1. The molecule has 0 spiro atoms. The summed E-state index contributed by atoms with van der Waals surface area (Å²) >= 11 is 1.00. The highest BCUT2D eigenvalue weighted by molar-refractivity contribution is 7.17. The van der Waals surface area contributed by atoms with Crippen LogP contribution in [0.15, 0.2) is 30.3 Å². The highest BCUT2D eigenvalue weighted by Crippen LogP contribution is 2.28. The Morgan fingerprint density at radius 1 is 1.27 bits per heavy atom. The maximum absolute atomic E-state index is 12.0. The number of carbonyl (C=O) groups excluding carboxylic acids is 1. The van der Waals surface area contributed by atoms with Gasteiger partial charge in [0.1, 0.15) is 4.88 Å². The van der Waals surface area contributed by atoms with Crippen molar-refractivity contribution in [2.45, 2.75) is 32.6 Å². The van der Waals surface area contributed by atoms with E-state index in [0.717, 1.165) is 16.9 Å². The third-order valence-electron chi connectivity index (χ3n) is 3.12. The maximum Gasteiger partial charge on any atom is 0.347 e. The number of aryl methyl sites for hydroxylation is 1. The molecule has 0 bridgehead atoms. The number of aromatic nitrogens is 1. The number of amides is 1. The molecule has 0 saturated carbocycles. The molecule has 1 aromatic heterocycles. The molecule has 0 saturated heterocycles. The van der Waals surface area contributed by atoms with Crippen LogP contribution in [0, 0.1) is 0 Å². The second kappa shape index (κ2) is 7.17. The van der Waals surface area contributed by atoms with Crippen LogP contribution in [0.3, 0.4) is 0 Å². The van der Waals surface area contributed by atoms with Crippen LogP contribution in [-0.4, -0.2) is 22.0 Å². The minimum absolute atomic E-state index is 0.00248. The highest BCUT2D eigenvalue weighted by Gasteiger charge is 2.20. The van der Waals surface area contributed by atoms with Crippen molar-refractivity contribution in [2.75, 3.05) is 5.32 Å². The van der Waals surface area contributed by atoms with E-state index in [0.29, 0.717) is 23.7 Å². The van der Waals surface area contributed by atoms with E-state index in [2.05, 4.69) is 10.3 Å². The lowest BCUT2D eigenvalue weighted by Gasteiger charge is -2.02. The number of hydrogen-bond donors (Lipinski definition) is 2. The molecular formula is C16H18N2O3S. The Balaban J connectivity index is 1.99. The third-order valence-corrected chi connectivity index (χ3v) is 4.10. The SMILES string of the molecule is CC(C)c1nc(NC(=O)CCc2ccccc2)sc1C(=O)O. The molecule has 0 fully saturated rings. The Hall–Kier alpha value is -2.21. The van der Waals surface area contributed by atoms with Crippen LogP contribution in [0.4, 0.5) is 5.13 Å². The van der Waals surface area contributed by atoms with E-state index in [1.807, 2.05) is 44.2 Å². The average Bonchev–Trinajstić information content (AvgIpc) is 2.90. The Morgan fingerprint density at radius 3 is 2.50 bits per heavy atom. The number of nitrogens with zero attached hydrogens (tertiary/aromatic N) is 1. The Bertz CT molecular complexity index is 665. The molecule has 2 rings (SSSR count). The van der Waals surface area contributed by atoms with E-state index in [1.165, 1.54) is 0 Å². The number of carboxylic acid groups (broad SMARTS) is 1. The topological polar surface area (TPSA) is 79.3 Å². The van der Waals surface area contributed by atoms with Gasteiger partial charge < -0.3 is 10.4 Å². The molecule has 22 heavy (non-hydrogen) atoms. The molecule has 0 unspecified atom stereocenters. The van der Waals surface area contributed by atoms with Crippen LogP contribution in [0.1, 0.15) is 47.1 Å². The van der Waals surface area contributed by atoms with Crippen LogP contribution >= 0.6 is 11.3 Å². The predicted molar refractivity (Wildman–Crippen MR) is 86.6 cm³/mol. The lowest BCUT2D eigenvalue weighted by molar-refractivity contribution is -0.116. The molecule has 0 aliphatic carbocycles. The first-order valence-electron chi connectivity index (χ1n) is 7.05. The molecular weight excluding hydrogens is 300 g/mol. The molecule has 0 aliphatic rings. The number of aromatic carboxylic acids is 1. The van der Waals surface area contributed by atoms with E-state index in [-0.39, 0.29) is 16.7 Å². The van der Waals surface area contributed by atoms with Crippen molar-refractivity contribution in [3.05, 3.63) is 46.5 Å². The van der Waals surface area contributed by atoms with Crippen molar-refractivity contribution in [1.82, 2.24) is 4.98 Å². The summed E-state index contributed by atoms with van der Waals surface area (Å²) < 4.78 is 0. The fourth-order valence-corrected chi connectivity index (χ4v) is 2.99. The smallest absolute Gasteiger partial charge is 0.347 e.